The lowest BCUT2D eigenvalue weighted by Crippen LogP contribution is -2.06. The number of phenols is 1. The van der Waals surface area contributed by atoms with Gasteiger partial charge in [0.25, 0.3) is 0 Å². The number of allylic oxidation sites excluding steroid dienone is 2. The van der Waals surface area contributed by atoms with Gasteiger partial charge in [-0.25, -0.2) is 0 Å². The number of aromatic hydroxyl groups is 1. The zero-order chi connectivity index (χ0) is 19.2. The standard InChI is InChI=1S/C23H30N2O2/c1-4-6-7-10-18-13-20(27-5-2)22(17-11-8-9-16(3)12-17)23(26)21(18)19-14-24-25-15-19/h5,12-15,17,26H,2,4,6-11H2,1,3H3,(H,24,25)/t17-/m0/s1. The van der Waals surface area contributed by atoms with Crippen LogP contribution in [-0.4, -0.2) is 15.3 Å². The SMILES string of the molecule is C=COc1cc(CCCCC)c(-c2cn[nH]c2)c(O)c1[C@@H]1C=C(C)CCC1. The van der Waals surface area contributed by atoms with Crippen molar-refractivity contribution in [1.82, 2.24) is 10.2 Å². The van der Waals surface area contributed by atoms with Crippen LogP contribution >= 0.6 is 0 Å². The van der Waals surface area contributed by atoms with Gasteiger partial charge in [0.2, 0.25) is 0 Å². The highest BCUT2D eigenvalue weighted by Gasteiger charge is 2.26. The van der Waals surface area contributed by atoms with E-state index < -0.39 is 0 Å². The third-order valence-corrected chi connectivity index (χ3v) is 5.37. The predicted molar refractivity (Wildman–Crippen MR) is 110 cm³/mol. The van der Waals surface area contributed by atoms with Crippen LogP contribution in [0.25, 0.3) is 11.1 Å². The summed E-state index contributed by atoms with van der Waals surface area (Å²) >= 11 is 0. The first-order valence-corrected chi connectivity index (χ1v) is 9.98. The lowest BCUT2D eigenvalue weighted by atomic mass is 9.82. The summed E-state index contributed by atoms with van der Waals surface area (Å²) in [5.41, 5.74) is 5.13. The van der Waals surface area contributed by atoms with Crippen molar-refractivity contribution in [3.63, 3.8) is 0 Å². The normalized spacial score (nSPS) is 16.8. The maximum atomic E-state index is 11.4. The molecule has 2 N–H and O–H groups in total. The predicted octanol–water partition coefficient (Wildman–Crippen LogP) is 6.25. The second-order valence-electron chi connectivity index (χ2n) is 7.41. The van der Waals surface area contributed by atoms with Crippen molar-refractivity contribution in [3.05, 3.63) is 54.1 Å². The van der Waals surface area contributed by atoms with E-state index >= 15 is 0 Å². The van der Waals surface area contributed by atoms with Gasteiger partial charge < -0.3 is 9.84 Å². The molecule has 1 aliphatic rings. The van der Waals surface area contributed by atoms with Crippen molar-refractivity contribution in [2.45, 2.75) is 64.7 Å². The maximum Gasteiger partial charge on any atom is 0.134 e. The molecule has 0 radical (unpaired) electrons. The Bertz CT molecular complexity index is 806. The number of nitrogens with one attached hydrogen (secondary N) is 1. The number of aryl methyl sites for hydroxylation is 1. The first-order chi connectivity index (χ1) is 13.2. The summed E-state index contributed by atoms with van der Waals surface area (Å²) in [6.45, 7) is 8.09. The molecule has 144 valence electrons. The summed E-state index contributed by atoms with van der Waals surface area (Å²) in [6.07, 6.45) is 14.9. The molecule has 0 bridgehead atoms. The van der Waals surface area contributed by atoms with Gasteiger partial charge in [0.05, 0.1) is 12.5 Å². The molecule has 0 saturated carbocycles. The molecule has 4 heteroatoms. The quantitative estimate of drug-likeness (QED) is 0.330. The highest BCUT2D eigenvalue weighted by atomic mass is 16.5. The minimum Gasteiger partial charge on any atom is -0.507 e. The van der Waals surface area contributed by atoms with Crippen LogP contribution in [-0.2, 0) is 6.42 Å². The number of phenolic OH excluding ortho intramolecular Hbond substituents is 1. The molecule has 0 spiro atoms. The largest absolute Gasteiger partial charge is 0.507 e. The van der Waals surface area contributed by atoms with Crippen LogP contribution in [0.15, 0.2) is 43.0 Å². The monoisotopic (exact) mass is 366 g/mol. The summed E-state index contributed by atoms with van der Waals surface area (Å²) in [5, 5.41) is 18.3. The van der Waals surface area contributed by atoms with E-state index in [0.29, 0.717) is 5.75 Å². The summed E-state index contributed by atoms with van der Waals surface area (Å²) in [5.74, 6) is 1.19. The maximum absolute atomic E-state index is 11.4. The number of aromatic nitrogens is 2. The van der Waals surface area contributed by atoms with Gasteiger partial charge in [0, 0.05) is 28.8 Å². The fourth-order valence-corrected chi connectivity index (χ4v) is 4.07. The topological polar surface area (TPSA) is 58.1 Å². The lowest BCUT2D eigenvalue weighted by Gasteiger charge is -2.25. The van der Waals surface area contributed by atoms with Crippen molar-refractivity contribution in [2.24, 2.45) is 0 Å². The van der Waals surface area contributed by atoms with Crippen LogP contribution in [0, 0.1) is 0 Å². The average molecular weight is 367 g/mol. The van der Waals surface area contributed by atoms with Gasteiger partial charge in [-0.05, 0) is 50.7 Å². The second kappa shape index (κ2) is 8.94. The molecule has 3 rings (SSSR count). The molecule has 0 aliphatic heterocycles. The van der Waals surface area contributed by atoms with Crippen molar-refractivity contribution in [2.75, 3.05) is 0 Å². The number of rotatable bonds is 8. The second-order valence-corrected chi connectivity index (χ2v) is 7.41. The Hall–Kier alpha value is -2.49. The van der Waals surface area contributed by atoms with E-state index in [-0.39, 0.29) is 5.92 Å². The number of benzene rings is 1. The van der Waals surface area contributed by atoms with Gasteiger partial charge in [0.1, 0.15) is 11.5 Å². The van der Waals surface area contributed by atoms with Gasteiger partial charge in [0.15, 0.2) is 0 Å². The van der Waals surface area contributed by atoms with Crippen LogP contribution in [0.2, 0.25) is 0 Å². The van der Waals surface area contributed by atoms with Crippen molar-refractivity contribution in [1.29, 1.82) is 0 Å². The molecule has 0 unspecified atom stereocenters. The Morgan fingerprint density at radius 1 is 1.41 bits per heavy atom. The molecule has 1 aromatic heterocycles. The summed E-state index contributed by atoms with van der Waals surface area (Å²) in [4.78, 5) is 0. The molecule has 27 heavy (non-hydrogen) atoms. The highest BCUT2D eigenvalue weighted by Crippen LogP contribution is 2.47. The van der Waals surface area contributed by atoms with Gasteiger partial charge in [-0.2, -0.15) is 5.10 Å². The third kappa shape index (κ3) is 4.26. The number of nitrogens with zero attached hydrogens (tertiary/aromatic N) is 1. The molecule has 2 aromatic rings. The summed E-state index contributed by atoms with van der Waals surface area (Å²) < 4.78 is 5.78. The molecule has 1 atom stereocenters. The van der Waals surface area contributed by atoms with Crippen molar-refractivity contribution < 1.29 is 9.84 Å². The lowest BCUT2D eigenvalue weighted by molar-refractivity contribution is 0.434. The Kier molecular flexibility index (Phi) is 6.38. The number of aromatic amines is 1. The molecular weight excluding hydrogens is 336 g/mol. The van der Waals surface area contributed by atoms with Crippen LogP contribution in [0.4, 0.5) is 0 Å². The van der Waals surface area contributed by atoms with E-state index in [4.69, 9.17) is 4.74 Å². The third-order valence-electron chi connectivity index (χ3n) is 5.37. The van der Waals surface area contributed by atoms with E-state index in [9.17, 15) is 5.11 Å². The van der Waals surface area contributed by atoms with E-state index in [1.807, 2.05) is 6.20 Å². The first-order valence-electron chi connectivity index (χ1n) is 9.98. The molecule has 0 amide bonds. The Morgan fingerprint density at radius 2 is 2.26 bits per heavy atom. The molecule has 1 aliphatic carbocycles. The molecule has 1 heterocycles. The molecular formula is C23H30N2O2. The Morgan fingerprint density at radius 3 is 2.93 bits per heavy atom. The van der Waals surface area contributed by atoms with Gasteiger partial charge in [-0.3, -0.25) is 5.10 Å². The molecule has 4 nitrogen and oxygen atoms in total. The number of unbranched alkanes of at least 4 members (excludes halogenated alkanes) is 2. The average Bonchev–Trinajstić information content (AvgIpc) is 3.16. The van der Waals surface area contributed by atoms with Crippen LogP contribution in [0.3, 0.4) is 0 Å². The number of hydrogen-bond donors (Lipinski definition) is 2. The van der Waals surface area contributed by atoms with Gasteiger partial charge >= 0.3 is 0 Å². The minimum atomic E-state index is 0.157. The first kappa shape index (κ1) is 19.3. The van der Waals surface area contributed by atoms with Crippen LogP contribution in [0.1, 0.15) is 69.4 Å². The van der Waals surface area contributed by atoms with Gasteiger partial charge in [-0.1, -0.05) is 38.0 Å². The van der Waals surface area contributed by atoms with Crippen molar-refractivity contribution >= 4 is 0 Å². The van der Waals surface area contributed by atoms with E-state index in [1.54, 1.807) is 6.20 Å². The Labute approximate surface area is 162 Å². The van der Waals surface area contributed by atoms with Crippen LogP contribution in [0.5, 0.6) is 11.5 Å². The van der Waals surface area contributed by atoms with E-state index in [0.717, 1.165) is 72.9 Å². The van der Waals surface area contributed by atoms with Crippen molar-refractivity contribution in [3.8, 4) is 22.6 Å². The number of hydrogen-bond acceptors (Lipinski definition) is 3. The highest BCUT2D eigenvalue weighted by molar-refractivity contribution is 5.77. The number of ether oxygens (including phenoxy) is 1. The molecule has 0 fully saturated rings. The van der Waals surface area contributed by atoms with Crippen LogP contribution < -0.4 is 4.74 Å². The van der Waals surface area contributed by atoms with E-state index in [2.05, 4.69) is 42.8 Å². The zero-order valence-electron chi connectivity index (χ0n) is 16.4. The minimum absolute atomic E-state index is 0.157. The fraction of sp³-hybridized carbons (Fsp3) is 0.435. The Balaban J connectivity index is 2.15. The smallest absolute Gasteiger partial charge is 0.134 e. The molecule has 0 saturated heterocycles. The van der Waals surface area contributed by atoms with Gasteiger partial charge in [-0.15, -0.1) is 0 Å². The zero-order valence-corrected chi connectivity index (χ0v) is 16.4. The number of H-pyrrole nitrogens is 1. The summed E-state index contributed by atoms with van der Waals surface area (Å²) in [7, 11) is 0. The summed E-state index contributed by atoms with van der Waals surface area (Å²) in [6, 6.07) is 2.09. The van der Waals surface area contributed by atoms with E-state index in [1.165, 1.54) is 11.8 Å². The molecule has 1 aromatic carbocycles. The fourth-order valence-electron chi connectivity index (χ4n) is 4.07.